The van der Waals surface area contributed by atoms with E-state index in [-0.39, 0.29) is 29.5 Å². The van der Waals surface area contributed by atoms with Gasteiger partial charge in [-0.25, -0.2) is 0 Å². The third kappa shape index (κ3) is 5.05. The first-order valence-corrected chi connectivity index (χ1v) is 10.5. The van der Waals surface area contributed by atoms with Crippen molar-refractivity contribution in [3.05, 3.63) is 48.0 Å². The Kier molecular flexibility index (Phi) is 6.38. The standard InChI is InChI=1S/C20H23N3O5S/c1-27-15-7-8-17(28-2)14(13-15)11-12-21-20(24)10-9-19-22-16-5-3-4-6-18(16)29(25,26)23-19/h3-8,13H,9-12H2,1-2H3,(H,21,24)(H,22,23). The van der Waals surface area contributed by atoms with Gasteiger partial charge in [-0.2, -0.15) is 8.42 Å². The van der Waals surface area contributed by atoms with Crippen LogP contribution >= 0.6 is 0 Å². The van der Waals surface area contributed by atoms with Gasteiger partial charge in [0.25, 0.3) is 10.0 Å². The van der Waals surface area contributed by atoms with Crippen molar-refractivity contribution in [2.45, 2.75) is 24.2 Å². The predicted molar refractivity (Wildman–Crippen MR) is 110 cm³/mol. The van der Waals surface area contributed by atoms with Gasteiger partial charge in [-0.1, -0.05) is 12.1 Å². The number of methoxy groups -OCH3 is 2. The number of amides is 1. The SMILES string of the molecule is COc1ccc(OC)c(CCNC(=O)CCC2=NS(=O)(=O)c3ccccc3N2)c1. The summed E-state index contributed by atoms with van der Waals surface area (Å²) in [6.07, 6.45) is 0.897. The van der Waals surface area contributed by atoms with E-state index in [9.17, 15) is 13.2 Å². The summed E-state index contributed by atoms with van der Waals surface area (Å²) in [6.45, 7) is 0.420. The molecule has 0 saturated carbocycles. The highest BCUT2D eigenvalue weighted by atomic mass is 32.2. The second-order valence-corrected chi connectivity index (χ2v) is 7.98. The van der Waals surface area contributed by atoms with Gasteiger partial charge in [0.2, 0.25) is 5.91 Å². The van der Waals surface area contributed by atoms with Gasteiger partial charge >= 0.3 is 0 Å². The number of hydrogen-bond acceptors (Lipinski definition) is 6. The van der Waals surface area contributed by atoms with Crippen LogP contribution < -0.4 is 20.1 Å². The molecule has 3 rings (SSSR count). The maximum atomic E-state index is 12.2. The number of rotatable bonds is 8. The number of fused-ring (bicyclic) bond motifs is 1. The Labute approximate surface area is 170 Å². The van der Waals surface area contributed by atoms with E-state index in [2.05, 4.69) is 15.0 Å². The third-order valence-corrected chi connectivity index (χ3v) is 5.84. The smallest absolute Gasteiger partial charge is 0.286 e. The summed E-state index contributed by atoms with van der Waals surface area (Å²) >= 11 is 0. The van der Waals surface area contributed by atoms with Crippen LogP contribution in [0.1, 0.15) is 18.4 Å². The molecule has 1 amide bonds. The molecule has 2 aromatic rings. The Hall–Kier alpha value is -3.07. The van der Waals surface area contributed by atoms with Crippen LogP contribution in [0, 0.1) is 0 Å². The lowest BCUT2D eigenvalue weighted by Gasteiger charge is -2.17. The average molecular weight is 417 g/mol. The van der Waals surface area contributed by atoms with Gasteiger partial charge in [0.15, 0.2) is 0 Å². The molecular weight excluding hydrogens is 394 g/mol. The number of nitrogens with zero attached hydrogens (tertiary/aromatic N) is 1. The molecule has 1 heterocycles. The van der Waals surface area contributed by atoms with Gasteiger partial charge in [0.05, 0.1) is 19.9 Å². The average Bonchev–Trinajstić information content (AvgIpc) is 2.71. The summed E-state index contributed by atoms with van der Waals surface area (Å²) < 4.78 is 38.7. The lowest BCUT2D eigenvalue weighted by molar-refractivity contribution is -0.120. The van der Waals surface area contributed by atoms with Crippen LogP contribution in [-0.4, -0.2) is 40.9 Å². The Bertz CT molecular complexity index is 1030. The highest BCUT2D eigenvalue weighted by molar-refractivity contribution is 7.90. The molecule has 0 radical (unpaired) electrons. The Morgan fingerprint density at radius 1 is 1.10 bits per heavy atom. The number of nitrogens with one attached hydrogen (secondary N) is 2. The quantitative estimate of drug-likeness (QED) is 0.683. The molecule has 0 aromatic heterocycles. The van der Waals surface area contributed by atoms with Crippen molar-refractivity contribution in [3.8, 4) is 11.5 Å². The fourth-order valence-corrected chi connectivity index (χ4v) is 4.18. The van der Waals surface area contributed by atoms with E-state index in [1.807, 2.05) is 18.2 Å². The van der Waals surface area contributed by atoms with E-state index in [0.717, 1.165) is 17.1 Å². The first-order valence-electron chi connectivity index (χ1n) is 9.10. The zero-order chi connectivity index (χ0) is 20.9. The molecule has 0 saturated heterocycles. The lowest BCUT2D eigenvalue weighted by atomic mass is 10.1. The van der Waals surface area contributed by atoms with E-state index < -0.39 is 10.0 Å². The van der Waals surface area contributed by atoms with Gasteiger partial charge in [-0.3, -0.25) is 4.79 Å². The third-order valence-electron chi connectivity index (χ3n) is 4.47. The molecule has 2 N–H and O–H groups in total. The van der Waals surface area contributed by atoms with E-state index in [1.165, 1.54) is 6.07 Å². The number of carbonyl (C=O) groups is 1. The molecule has 154 valence electrons. The molecule has 0 aliphatic carbocycles. The largest absolute Gasteiger partial charge is 0.497 e. The summed E-state index contributed by atoms with van der Waals surface area (Å²) in [6, 6.07) is 12.0. The van der Waals surface area contributed by atoms with Gasteiger partial charge in [0.1, 0.15) is 22.2 Å². The number of amidine groups is 1. The lowest BCUT2D eigenvalue weighted by Crippen LogP contribution is -2.28. The van der Waals surface area contributed by atoms with E-state index in [4.69, 9.17) is 9.47 Å². The Morgan fingerprint density at radius 2 is 1.90 bits per heavy atom. The molecule has 9 heteroatoms. The summed E-state index contributed by atoms with van der Waals surface area (Å²) in [7, 11) is -0.556. The number of sulfonamides is 1. The van der Waals surface area contributed by atoms with Crippen molar-refractivity contribution in [2.75, 3.05) is 26.1 Å². The highest BCUT2D eigenvalue weighted by Gasteiger charge is 2.24. The van der Waals surface area contributed by atoms with Gasteiger partial charge in [-0.05, 0) is 42.3 Å². The highest BCUT2D eigenvalue weighted by Crippen LogP contribution is 2.27. The molecule has 0 spiro atoms. The molecule has 2 aromatic carbocycles. The van der Waals surface area contributed by atoms with Crippen molar-refractivity contribution >= 4 is 27.5 Å². The molecule has 1 aliphatic rings. The minimum atomic E-state index is -3.74. The summed E-state index contributed by atoms with van der Waals surface area (Å²) in [5, 5.41) is 5.81. The molecule has 8 nitrogen and oxygen atoms in total. The van der Waals surface area contributed by atoms with Crippen molar-refractivity contribution in [1.29, 1.82) is 0 Å². The van der Waals surface area contributed by atoms with Crippen LogP contribution in [0.5, 0.6) is 11.5 Å². The van der Waals surface area contributed by atoms with Gasteiger partial charge in [-0.15, -0.1) is 4.40 Å². The van der Waals surface area contributed by atoms with Crippen LogP contribution in [0.3, 0.4) is 0 Å². The van der Waals surface area contributed by atoms with Crippen molar-refractivity contribution in [2.24, 2.45) is 4.40 Å². The fourth-order valence-electron chi connectivity index (χ4n) is 3.01. The van der Waals surface area contributed by atoms with Crippen molar-refractivity contribution in [3.63, 3.8) is 0 Å². The second-order valence-electron chi connectivity index (χ2n) is 6.41. The summed E-state index contributed by atoms with van der Waals surface area (Å²) in [5.74, 6) is 1.51. The number of benzene rings is 2. The molecule has 29 heavy (non-hydrogen) atoms. The number of para-hydroxylation sites is 1. The monoisotopic (exact) mass is 417 g/mol. The molecule has 0 unspecified atom stereocenters. The predicted octanol–water partition coefficient (Wildman–Crippen LogP) is 2.36. The molecule has 0 fully saturated rings. The Balaban J connectivity index is 1.52. The normalized spacial score (nSPS) is 14.2. The number of anilines is 1. The molecule has 1 aliphatic heterocycles. The van der Waals surface area contributed by atoms with E-state index >= 15 is 0 Å². The maximum absolute atomic E-state index is 12.2. The van der Waals surface area contributed by atoms with Crippen LogP contribution in [-0.2, 0) is 21.2 Å². The van der Waals surface area contributed by atoms with E-state index in [0.29, 0.717) is 18.7 Å². The number of ether oxygens (including phenoxy) is 2. The zero-order valence-corrected chi connectivity index (χ0v) is 17.1. The molecule has 0 atom stereocenters. The summed E-state index contributed by atoms with van der Waals surface area (Å²) in [5.41, 5.74) is 1.40. The minimum absolute atomic E-state index is 0.124. The molecule has 0 bridgehead atoms. The van der Waals surface area contributed by atoms with Crippen LogP contribution in [0.15, 0.2) is 51.8 Å². The number of hydrogen-bond donors (Lipinski definition) is 2. The van der Waals surface area contributed by atoms with Crippen LogP contribution in [0.2, 0.25) is 0 Å². The van der Waals surface area contributed by atoms with Gasteiger partial charge < -0.3 is 20.1 Å². The van der Waals surface area contributed by atoms with Crippen LogP contribution in [0.25, 0.3) is 0 Å². The minimum Gasteiger partial charge on any atom is -0.497 e. The first kappa shape index (κ1) is 20.7. The Morgan fingerprint density at radius 3 is 2.66 bits per heavy atom. The van der Waals surface area contributed by atoms with Crippen molar-refractivity contribution in [1.82, 2.24) is 5.32 Å². The van der Waals surface area contributed by atoms with E-state index in [1.54, 1.807) is 32.4 Å². The number of carbonyl (C=O) groups excluding carboxylic acids is 1. The first-order chi connectivity index (χ1) is 13.9. The summed E-state index contributed by atoms with van der Waals surface area (Å²) in [4.78, 5) is 12.3. The topological polar surface area (TPSA) is 106 Å². The van der Waals surface area contributed by atoms with Crippen molar-refractivity contribution < 1.29 is 22.7 Å². The molecular formula is C20H23N3O5S. The maximum Gasteiger partial charge on any atom is 0.286 e. The second kappa shape index (κ2) is 8.95. The van der Waals surface area contributed by atoms with Crippen LogP contribution in [0.4, 0.5) is 5.69 Å². The fraction of sp³-hybridized carbons (Fsp3) is 0.300. The zero-order valence-electron chi connectivity index (χ0n) is 16.3. The van der Waals surface area contributed by atoms with Gasteiger partial charge in [0, 0.05) is 19.4 Å².